The minimum Gasteiger partial charge on any atom is -0.511 e. The molecule has 0 saturated heterocycles. The van der Waals surface area contributed by atoms with E-state index in [1.165, 1.54) is 6.92 Å². The average molecular weight is 601 g/mol. The monoisotopic (exact) mass is 600 g/mol. The number of rotatable bonds is 6. The third-order valence-electron chi connectivity index (χ3n) is 8.85. The zero-order valence-corrected chi connectivity index (χ0v) is 26.1. The van der Waals surface area contributed by atoms with Crippen LogP contribution in [0.15, 0.2) is 28.7 Å². The van der Waals surface area contributed by atoms with Crippen LogP contribution in [0.3, 0.4) is 0 Å². The molecule has 43 heavy (non-hydrogen) atoms. The van der Waals surface area contributed by atoms with E-state index in [9.17, 15) is 39.9 Å². The predicted molar refractivity (Wildman–Crippen MR) is 159 cm³/mol. The van der Waals surface area contributed by atoms with E-state index in [4.69, 9.17) is 5.73 Å². The van der Waals surface area contributed by atoms with Crippen molar-refractivity contribution in [2.75, 3.05) is 39.6 Å². The molecule has 4 unspecified atom stereocenters. The average Bonchev–Trinajstić information content (AvgIpc) is 2.82. The maximum Gasteiger partial charge on any atom is 0.253 e. The van der Waals surface area contributed by atoms with E-state index in [-0.39, 0.29) is 47.6 Å². The summed E-state index contributed by atoms with van der Waals surface area (Å²) in [5.74, 6) is -9.64. The summed E-state index contributed by atoms with van der Waals surface area (Å²) in [6, 6.07) is 0.869. The number of Topliss-reactive ketones (excluding diaryl/α,β-unsaturated/α-hetero) is 1. The van der Waals surface area contributed by atoms with Crippen LogP contribution in [0, 0.1) is 23.2 Å². The molecule has 1 aromatic rings. The molecule has 0 heterocycles. The van der Waals surface area contributed by atoms with E-state index in [1.54, 1.807) is 30.0 Å². The van der Waals surface area contributed by atoms with E-state index in [0.29, 0.717) is 23.4 Å². The van der Waals surface area contributed by atoms with Gasteiger partial charge in [-0.3, -0.25) is 19.3 Å². The Balaban J connectivity index is 1.91. The van der Waals surface area contributed by atoms with E-state index < -0.39 is 58.4 Å². The SMILES string of the molecule is CC(=O)N(Cc1cc(N(C)C)c2c(c1O)C(=O)C1=C(O)C3C(CC1C2)C(N(C)C)C(O)=C(C(N)=O)C3(O)O)CC(C)(C)C. The van der Waals surface area contributed by atoms with Crippen LogP contribution in [0.25, 0.3) is 0 Å². The van der Waals surface area contributed by atoms with Crippen molar-refractivity contribution in [2.24, 2.45) is 28.9 Å². The number of nitrogens with two attached hydrogens (primary N) is 1. The molecule has 0 aliphatic heterocycles. The number of aliphatic hydroxyl groups is 4. The van der Waals surface area contributed by atoms with Crippen LogP contribution >= 0.6 is 0 Å². The number of nitrogens with zero attached hydrogens (tertiary/aromatic N) is 3. The Morgan fingerprint density at radius 2 is 1.67 bits per heavy atom. The largest absolute Gasteiger partial charge is 0.511 e. The van der Waals surface area contributed by atoms with Crippen molar-refractivity contribution in [1.82, 2.24) is 9.80 Å². The van der Waals surface area contributed by atoms with Gasteiger partial charge in [-0.05, 0) is 55.8 Å². The number of carbonyl (C=O) groups is 3. The molecule has 3 aliphatic carbocycles. The number of aliphatic hydroxyl groups excluding tert-OH is 2. The number of anilines is 1. The Hall–Kier alpha value is -3.61. The van der Waals surface area contributed by atoms with Gasteiger partial charge < -0.3 is 41.1 Å². The highest BCUT2D eigenvalue weighted by Gasteiger charge is 2.60. The first kappa shape index (κ1) is 32.3. The maximum atomic E-state index is 14.2. The number of fused-ring (bicyclic) bond motifs is 3. The highest BCUT2D eigenvalue weighted by Crippen LogP contribution is 2.55. The molecule has 0 fully saturated rings. The fourth-order valence-electron chi connectivity index (χ4n) is 7.24. The van der Waals surface area contributed by atoms with Crippen molar-refractivity contribution in [3.8, 4) is 5.75 Å². The number of likely N-dealkylation sites (N-methyl/N-ethyl adjacent to an activating group) is 1. The summed E-state index contributed by atoms with van der Waals surface area (Å²) >= 11 is 0. The fraction of sp³-hybridized carbons (Fsp3) is 0.581. The van der Waals surface area contributed by atoms with Crippen molar-refractivity contribution < 1.29 is 39.9 Å². The first-order valence-corrected chi connectivity index (χ1v) is 14.3. The summed E-state index contributed by atoms with van der Waals surface area (Å²) in [5, 5.41) is 56.5. The van der Waals surface area contributed by atoms with Gasteiger partial charge in [0.15, 0.2) is 5.78 Å². The smallest absolute Gasteiger partial charge is 0.253 e. The second-order valence-corrected chi connectivity index (χ2v) is 13.8. The van der Waals surface area contributed by atoms with E-state index in [0.717, 1.165) is 0 Å². The number of aromatic hydroxyl groups is 1. The van der Waals surface area contributed by atoms with Crippen molar-refractivity contribution in [3.05, 3.63) is 45.4 Å². The zero-order chi connectivity index (χ0) is 32.5. The summed E-state index contributed by atoms with van der Waals surface area (Å²) in [6.07, 6.45) is 0.400. The molecule has 7 N–H and O–H groups in total. The lowest BCUT2D eigenvalue weighted by Crippen LogP contribution is -2.60. The lowest BCUT2D eigenvalue weighted by atomic mass is 9.59. The zero-order valence-electron chi connectivity index (χ0n) is 26.1. The molecule has 12 heteroatoms. The Bertz CT molecular complexity index is 1440. The number of ketones is 1. The quantitative estimate of drug-likeness (QED) is 0.262. The minimum atomic E-state index is -3.05. The molecule has 0 aromatic heterocycles. The summed E-state index contributed by atoms with van der Waals surface area (Å²) in [5.41, 5.74) is 5.86. The number of hydrogen-bond acceptors (Lipinski definition) is 10. The molecule has 1 aromatic carbocycles. The van der Waals surface area contributed by atoms with Gasteiger partial charge in [0, 0.05) is 50.9 Å². The molecule has 12 nitrogen and oxygen atoms in total. The van der Waals surface area contributed by atoms with Gasteiger partial charge in [0.25, 0.3) is 5.91 Å². The van der Waals surface area contributed by atoms with Crippen molar-refractivity contribution >= 4 is 23.3 Å². The van der Waals surface area contributed by atoms with Gasteiger partial charge >= 0.3 is 0 Å². The molecule has 0 saturated carbocycles. The fourth-order valence-corrected chi connectivity index (χ4v) is 7.24. The number of hydrogen-bond donors (Lipinski definition) is 6. The number of phenols is 1. The molecule has 2 amide bonds. The van der Waals surface area contributed by atoms with Gasteiger partial charge in [-0.25, -0.2) is 0 Å². The number of allylic oxidation sites excluding steroid dienone is 1. The first-order valence-electron chi connectivity index (χ1n) is 14.3. The van der Waals surface area contributed by atoms with Crippen LogP contribution < -0.4 is 10.6 Å². The maximum absolute atomic E-state index is 14.2. The molecule has 4 rings (SSSR count). The normalized spacial score (nSPS) is 24.9. The van der Waals surface area contributed by atoms with E-state index in [1.807, 2.05) is 39.8 Å². The van der Waals surface area contributed by atoms with Gasteiger partial charge in [0.2, 0.25) is 11.7 Å². The summed E-state index contributed by atoms with van der Waals surface area (Å²) in [6.45, 7) is 7.87. The molecule has 0 bridgehead atoms. The Morgan fingerprint density at radius 1 is 1.07 bits per heavy atom. The standard InChI is InChI=1S/C31H44N4O8/c1-14(36)35(13-30(2,3)4)12-16-11-19(33(5)6)17-9-15-10-18-22(27(39)20(15)26(38)21(17)25(16)37)31(42,43)23(29(32)41)28(40)24(18)34(7)8/h11,15,18,22,24,37,39-40,42-43H,9-10,12-13H2,1-8H3,(H2,32,41). The highest BCUT2D eigenvalue weighted by atomic mass is 16.5. The highest BCUT2D eigenvalue weighted by molar-refractivity contribution is 6.14. The topological polar surface area (TPSA) is 188 Å². The van der Waals surface area contributed by atoms with E-state index in [2.05, 4.69) is 0 Å². The lowest BCUT2D eigenvalue weighted by molar-refractivity contribution is -0.201. The van der Waals surface area contributed by atoms with Crippen LogP contribution in [-0.4, -0.2) is 99.5 Å². The first-order chi connectivity index (χ1) is 19.7. The van der Waals surface area contributed by atoms with Gasteiger partial charge in [-0.1, -0.05) is 20.8 Å². The molecule has 4 atom stereocenters. The number of primary amides is 1. The third kappa shape index (κ3) is 5.36. The van der Waals surface area contributed by atoms with Crippen molar-refractivity contribution in [2.45, 2.75) is 58.9 Å². The van der Waals surface area contributed by atoms with Crippen LogP contribution in [-0.2, 0) is 22.6 Å². The second kappa shape index (κ2) is 10.8. The Kier molecular flexibility index (Phi) is 8.14. The second-order valence-electron chi connectivity index (χ2n) is 13.8. The van der Waals surface area contributed by atoms with Crippen LogP contribution in [0.5, 0.6) is 5.75 Å². The molecule has 0 spiro atoms. The molecular formula is C31H44N4O8. The Morgan fingerprint density at radius 3 is 2.16 bits per heavy atom. The van der Waals surface area contributed by atoms with Gasteiger partial charge in [-0.15, -0.1) is 0 Å². The Labute approximate surface area is 251 Å². The number of phenolic OH excluding ortho intramolecular Hbond substituents is 1. The number of benzene rings is 1. The summed E-state index contributed by atoms with van der Waals surface area (Å²) in [7, 11) is 6.90. The molecule has 236 valence electrons. The number of carbonyl (C=O) groups excluding carboxylic acids is 3. The van der Waals surface area contributed by atoms with Crippen molar-refractivity contribution in [3.63, 3.8) is 0 Å². The van der Waals surface area contributed by atoms with E-state index >= 15 is 0 Å². The minimum absolute atomic E-state index is 0.0216. The summed E-state index contributed by atoms with van der Waals surface area (Å²) in [4.78, 5) is 44.1. The van der Waals surface area contributed by atoms with Gasteiger partial charge in [-0.2, -0.15) is 0 Å². The summed E-state index contributed by atoms with van der Waals surface area (Å²) < 4.78 is 0. The van der Waals surface area contributed by atoms with Crippen LogP contribution in [0.4, 0.5) is 5.69 Å². The lowest BCUT2D eigenvalue weighted by Gasteiger charge is -2.51. The van der Waals surface area contributed by atoms with Crippen molar-refractivity contribution in [1.29, 1.82) is 0 Å². The van der Waals surface area contributed by atoms with Gasteiger partial charge in [0.05, 0.1) is 17.5 Å². The van der Waals surface area contributed by atoms with Gasteiger partial charge in [0.1, 0.15) is 22.8 Å². The molecule has 3 aliphatic rings. The molecule has 0 radical (unpaired) electrons. The van der Waals surface area contributed by atoms with Crippen LogP contribution in [0.2, 0.25) is 0 Å². The van der Waals surface area contributed by atoms with Crippen LogP contribution in [0.1, 0.15) is 55.6 Å². The molecular weight excluding hydrogens is 556 g/mol. The number of amides is 2. The third-order valence-corrected chi connectivity index (χ3v) is 8.85. The predicted octanol–water partition coefficient (Wildman–Crippen LogP) is 1.58.